The van der Waals surface area contributed by atoms with E-state index in [1.54, 1.807) is 0 Å². The summed E-state index contributed by atoms with van der Waals surface area (Å²) < 4.78 is 9.98. The van der Waals surface area contributed by atoms with Crippen LogP contribution in [0.4, 0.5) is 0 Å². The van der Waals surface area contributed by atoms with E-state index in [-0.39, 0.29) is 6.61 Å². The van der Waals surface area contributed by atoms with Crippen molar-refractivity contribution < 1.29 is 34.7 Å². The van der Waals surface area contributed by atoms with Crippen molar-refractivity contribution in [2.24, 2.45) is 0 Å². The zero-order valence-corrected chi connectivity index (χ0v) is 15.2. The number of esters is 1. The Morgan fingerprint density at radius 2 is 1.40 bits per heavy atom. The maximum Gasteiger partial charge on any atom is 0.305 e. The lowest BCUT2D eigenvalue weighted by Gasteiger charge is -2.37. The third-order valence-electron chi connectivity index (χ3n) is 4.58. The number of aliphatic hydroxyl groups excluding tert-OH is 4. The lowest BCUT2D eigenvalue weighted by molar-refractivity contribution is -0.287. The summed E-state index contributed by atoms with van der Waals surface area (Å²) in [6.07, 6.45) is 3.53. The number of aliphatic hydroxyl groups is 4. The summed E-state index contributed by atoms with van der Waals surface area (Å²) in [4.78, 5) is 11.7. The number of carbonyl (C=O) groups excluding carboxylic acids is 1. The molecule has 0 aromatic heterocycles. The first kappa shape index (κ1) is 22.3. The molecule has 0 spiro atoms. The van der Waals surface area contributed by atoms with E-state index in [4.69, 9.17) is 9.47 Å². The smallest absolute Gasteiger partial charge is 0.305 e. The summed E-state index contributed by atoms with van der Waals surface area (Å²) >= 11 is 0. The Morgan fingerprint density at radius 1 is 0.840 bits per heavy atom. The largest absolute Gasteiger partial charge is 0.463 e. The predicted octanol–water partition coefficient (Wildman–Crippen LogP) is 1.25. The van der Waals surface area contributed by atoms with Crippen molar-refractivity contribution in [1.82, 2.24) is 0 Å². The van der Waals surface area contributed by atoms with E-state index < -0.39 is 36.7 Å². The number of hydrogen-bond acceptors (Lipinski definition) is 7. The average molecular weight is 362 g/mol. The molecule has 5 atom stereocenters. The van der Waals surface area contributed by atoms with Gasteiger partial charge in [0.1, 0.15) is 31.0 Å². The molecule has 1 aliphatic rings. The van der Waals surface area contributed by atoms with E-state index in [1.807, 2.05) is 0 Å². The maximum atomic E-state index is 11.7. The second-order valence-electron chi connectivity index (χ2n) is 6.80. The molecular formula is C18H34O7. The van der Waals surface area contributed by atoms with Crippen molar-refractivity contribution in [3.63, 3.8) is 0 Å². The molecule has 0 aromatic rings. The molecule has 1 unspecified atom stereocenters. The molecule has 0 bridgehead atoms. The van der Waals surface area contributed by atoms with Crippen LogP contribution in [0, 0.1) is 0 Å². The third-order valence-corrected chi connectivity index (χ3v) is 4.58. The van der Waals surface area contributed by atoms with Crippen LogP contribution in [0.25, 0.3) is 0 Å². The molecule has 7 nitrogen and oxygen atoms in total. The zero-order valence-electron chi connectivity index (χ0n) is 15.2. The van der Waals surface area contributed by atoms with Crippen LogP contribution >= 0.6 is 0 Å². The van der Waals surface area contributed by atoms with Crippen LogP contribution in [0.5, 0.6) is 0 Å². The molecule has 1 saturated heterocycles. The van der Waals surface area contributed by atoms with Gasteiger partial charge in [0.05, 0.1) is 0 Å². The minimum absolute atomic E-state index is 0.266. The molecule has 25 heavy (non-hydrogen) atoms. The molecule has 1 heterocycles. The monoisotopic (exact) mass is 362 g/mol. The number of ether oxygens (including phenoxy) is 2. The van der Waals surface area contributed by atoms with E-state index in [2.05, 4.69) is 6.92 Å². The van der Waals surface area contributed by atoms with E-state index in [9.17, 15) is 25.2 Å². The lowest BCUT2D eigenvalue weighted by atomic mass is 9.99. The fraction of sp³-hybridized carbons (Fsp3) is 0.944. The van der Waals surface area contributed by atoms with Gasteiger partial charge in [0, 0.05) is 6.42 Å². The molecule has 0 saturated carbocycles. The van der Waals surface area contributed by atoms with Gasteiger partial charge in [-0.15, -0.1) is 0 Å². The van der Waals surface area contributed by atoms with Crippen LogP contribution in [0.2, 0.25) is 0 Å². The molecular weight excluding hydrogens is 328 g/mol. The Balaban J connectivity index is 2.05. The molecule has 1 fully saturated rings. The van der Waals surface area contributed by atoms with Crippen molar-refractivity contribution in [1.29, 1.82) is 0 Å². The summed E-state index contributed by atoms with van der Waals surface area (Å²) in [5.41, 5.74) is 0. The molecule has 148 valence electrons. The summed E-state index contributed by atoms with van der Waals surface area (Å²) in [6.45, 7) is 1.94. The number of hydrogen-bond donors (Lipinski definition) is 4. The second-order valence-corrected chi connectivity index (χ2v) is 6.80. The van der Waals surface area contributed by atoms with Crippen molar-refractivity contribution in [3.8, 4) is 0 Å². The lowest BCUT2D eigenvalue weighted by Crippen LogP contribution is -2.58. The molecule has 1 aliphatic heterocycles. The van der Waals surface area contributed by atoms with E-state index >= 15 is 0 Å². The molecule has 7 heteroatoms. The maximum absolute atomic E-state index is 11.7. The molecule has 0 aliphatic carbocycles. The summed E-state index contributed by atoms with van der Waals surface area (Å²) in [5, 5.41) is 38.1. The first-order valence-electron chi connectivity index (χ1n) is 9.50. The van der Waals surface area contributed by atoms with Gasteiger partial charge in [-0.2, -0.15) is 0 Å². The fourth-order valence-electron chi connectivity index (χ4n) is 2.90. The van der Waals surface area contributed by atoms with Crippen LogP contribution < -0.4 is 0 Å². The van der Waals surface area contributed by atoms with Gasteiger partial charge in [-0.05, 0) is 6.42 Å². The topological polar surface area (TPSA) is 116 Å². The van der Waals surface area contributed by atoms with Crippen LogP contribution in [0.1, 0.15) is 71.1 Å². The van der Waals surface area contributed by atoms with Crippen LogP contribution in [-0.2, 0) is 14.3 Å². The number of carbonyl (C=O) groups is 1. The van der Waals surface area contributed by atoms with Gasteiger partial charge in [0.15, 0.2) is 6.29 Å². The Kier molecular flexibility index (Phi) is 11.2. The molecule has 0 radical (unpaired) electrons. The van der Waals surface area contributed by atoms with Gasteiger partial charge in [0.2, 0.25) is 0 Å². The highest BCUT2D eigenvalue weighted by Gasteiger charge is 2.43. The highest BCUT2D eigenvalue weighted by Crippen LogP contribution is 2.20. The highest BCUT2D eigenvalue weighted by molar-refractivity contribution is 5.69. The summed E-state index contributed by atoms with van der Waals surface area (Å²) in [7, 11) is 0. The SMILES string of the molecule is CCCCCCCCCCCC(=O)OC[C@H]1OC(O)[C@H](O)[C@@H](O)[C@H]1O. The average Bonchev–Trinajstić information content (AvgIpc) is 2.60. The Hall–Kier alpha value is -0.730. The quantitative estimate of drug-likeness (QED) is 0.305. The van der Waals surface area contributed by atoms with Crippen molar-refractivity contribution in [3.05, 3.63) is 0 Å². The van der Waals surface area contributed by atoms with E-state index in [0.29, 0.717) is 6.42 Å². The van der Waals surface area contributed by atoms with Gasteiger partial charge in [-0.25, -0.2) is 0 Å². The Morgan fingerprint density at radius 3 is 2.00 bits per heavy atom. The van der Waals surface area contributed by atoms with Gasteiger partial charge in [-0.3, -0.25) is 4.79 Å². The molecule has 0 amide bonds. The van der Waals surface area contributed by atoms with Gasteiger partial charge < -0.3 is 29.9 Å². The van der Waals surface area contributed by atoms with Crippen LogP contribution in [0.15, 0.2) is 0 Å². The normalized spacial score (nSPS) is 29.6. The molecule has 1 rings (SSSR count). The van der Waals surface area contributed by atoms with Gasteiger partial charge >= 0.3 is 5.97 Å². The van der Waals surface area contributed by atoms with Gasteiger partial charge in [0.25, 0.3) is 0 Å². The summed E-state index contributed by atoms with van der Waals surface area (Å²) in [6, 6.07) is 0. The highest BCUT2D eigenvalue weighted by atomic mass is 16.6. The van der Waals surface area contributed by atoms with Crippen LogP contribution in [0.3, 0.4) is 0 Å². The molecule has 4 N–H and O–H groups in total. The van der Waals surface area contributed by atoms with Crippen LogP contribution in [-0.4, -0.2) is 63.7 Å². The first-order chi connectivity index (χ1) is 12.0. The zero-order chi connectivity index (χ0) is 18.7. The van der Waals surface area contributed by atoms with Crippen molar-refractivity contribution >= 4 is 5.97 Å². The number of rotatable bonds is 12. The fourth-order valence-corrected chi connectivity index (χ4v) is 2.90. The van der Waals surface area contributed by atoms with Gasteiger partial charge in [-0.1, -0.05) is 58.3 Å². The summed E-state index contributed by atoms with van der Waals surface area (Å²) in [5.74, 6) is -0.395. The second kappa shape index (κ2) is 12.6. The van der Waals surface area contributed by atoms with E-state index in [0.717, 1.165) is 19.3 Å². The Labute approximate surface area is 150 Å². The minimum atomic E-state index is -1.61. The minimum Gasteiger partial charge on any atom is -0.463 e. The standard InChI is InChI=1S/C18H34O7/c1-2-3-4-5-6-7-8-9-10-11-14(19)24-12-13-15(20)16(21)17(22)18(23)25-13/h13,15-18,20-23H,2-12H2,1H3/t13-,15+,16+,17-,18?/m1/s1. The Bertz CT molecular complexity index is 363. The van der Waals surface area contributed by atoms with Crippen molar-refractivity contribution in [2.75, 3.05) is 6.61 Å². The molecule has 0 aromatic carbocycles. The van der Waals surface area contributed by atoms with Crippen molar-refractivity contribution in [2.45, 2.75) is 102 Å². The van der Waals surface area contributed by atoms with E-state index in [1.165, 1.54) is 38.5 Å². The number of unbranched alkanes of at least 4 members (excludes halogenated alkanes) is 8. The first-order valence-corrected chi connectivity index (χ1v) is 9.50. The third kappa shape index (κ3) is 8.46. The predicted molar refractivity (Wildman–Crippen MR) is 91.7 cm³/mol.